The zero-order chi connectivity index (χ0) is 29.2. The van der Waals surface area contributed by atoms with Gasteiger partial charge in [0.25, 0.3) is 0 Å². The van der Waals surface area contributed by atoms with Gasteiger partial charge >= 0.3 is 5.97 Å². The number of allylic oxidation sites excluding steroid dienone is 4. The Bertz CT molecular complexity index is 1720. The highest BCUT2D eigenvalue weighted by molar-refractivity contribution is 7.84. The van der Waals surface area contributed by atoms with E-state index in [1.165, 1.54) is 18.2 Å². The predicted molar refractivity (Wildman–Crippen MR) is 157 cm³/mol. The van der Waals surface area contributed by atoms with Gasteiger partial charge in [-0.2, -0.15) is 0 Å². The second-order valence-corrected chi connectivity index (χ2v) is 12.5. The Morgan fingerprint density at radius 1 is 1.14 bits per heavy atom. The van der Waals surface area contributed by atoms with Crippen LogP contribution >= 0.6 is 0 Å². The van der Waals surface area contributed by atoms with Gasteiger partial charge in [0, 0.05) is 81.7 Å². The van der Waals surface area contributed by atoms with Gasteiger partial charge in [-0.15, -0.1) is 0 Å². The lowest BCUT2D eigenvalue weighted by molar-refractivity contribution is -0.136. The summed E-state index contributed by atoms with van der Waals surface area (Å²) in [4.78, 5) is 22.1. The molecule has 1 aliphatic heterocycles. The van der Waals surface area contributed by atoms with E-state index in [0.29, 0.717) is 59.9 Å². The Morgan fingerprint density at radius 3 is 2.88 bits per heavy atom. The number of nitrogens with one attached hydrogen (secondary N) is 2. The molecule has 2 aromatic carbocycles. The molecule has 3 atom stereocenters. The highest BCUT2D eigenvalue weighted by Crippen LogP contribution is 2.39. The van der Waals surface area contributed by atoms with Crippen LogP contribution in [-0.2, 0) is 28.4 Å². The minimum Gasteiger partial charge on any atom is -0.481 e. The van der Waals surface area contributed by atoms with Gasteiger partial charge in [-0.25, -0.2) is 13.8 Å². The van der Waals surface area contributed by atoms with Crippen molar-refractivity contribution in [3.8, 4) is 5.75 Å². The van der Waals surface area contributed by atoms with Gasteiger partial charge in [0.15, 0.2) is 11.6 Å². The first-order chi connectivity index (χ1) is 20.4. The van der Waals surface area contributed by atoms with Crippen molar-refractivity contribution in [1.82, 2.24) is 15.0 Å². The van der Waals surface area contributed by atoms with Crippen molar-refractivity contribution in [3.05, 3.63) is 107 Å². The Hall–Kier alpha value is -4.05. The maximum atomic E-state index is 15.3. The van der Waals surface area contributed by atoms with Crippen molar-refractivity contribution < 1.29 is 27.6 Å². The smallest absolute Gasteiger partial charge is 0.303 e. The van der Waals surface area contributed by atoms with E-state index in [1.807, 2.05) is 30.3 Å². The molecule has 4 aromatic rings. The molecule has 0 saturated carbocycles. The number of rotatable bonds is 4. The number of aliphatic carboxylic acids is 1. The number of aryl methyl sites for hydroxylation is 2. The fraction of sp³-hybridized carbons (Fsp3) is 0.312. The van der Waals surface area contributed by atoms with Gasteiger partial charge in [0.1, 0.15) is 17.4 Å². The summed E-state index contributed by atoms with van der Waals surface area (Å²) in [7, 11) is -1.16. The van der Waals surface area contributed by atoms with Crippen LogP contribution in [0.15, 0.2) is 72.5 Å². The lowest BCUT2D eigenvalue weighted by Crippen LogP contribution is -2.14. The SMILES string of the molecule is O=C(O)CCc1cccc(C2CCCS(=O)CCc3c(c(F)cc4[nH]ccc34)OC3=CC=C(F)C(C3)c3ncc2[nH]3)c1. The number of hydrogen-bond donors (Lipinski definition) is 3. The largest absolute Gasteiger partial charge is 0.481 e. The predicted octanol–water partition coefficient (Wildman–Crippen LogP) is 6.57. The number of carboxylic acid groups (broad SMARTS) is 1. The fourth-order valence-electron chi connectivity index (χ4n) is 5.86. The third-order valence-corrected chi connectivity index (χ3v) is 9.42. The first-order valence-electron chi connectivity index (χ1n) is 14.1. The molecule has 7 nitrogen and oxygen atoms in total. The van der Waals surface area contributed by atoms with Crippen LogP contribution in [0.25, 0.3) is 10.9 Å². The molecule has 3 unspecified atom stereocenters. The van der Waals surface area contributed by atoms with E-state index >= 15 is 8.78 Å². The second-order valence-electron chi connectivity index (χ2n) is 10.8. The topological polar surface area (TPSA) is 108 Å². The zero-order valence-corrected chi connectivity index (χ0v) is 23.7. The van der Waals surface area contributed by atoms with Crippen molar-refractivity contribution in [2.24, 2.45) is 0 Å². The van der Waals surface area contributed by atoms with E-state index < -0.39 is 28.5 Å². The summed E-state index contributed by atoms with van der Waals surface area (Å²) in [6, 6.07) is 11.1. The van der Waals surface area contributed by atoms with E-state index in [-0.39, 0.29) is 30.3 Å². The van der Waals surface area contributed by atoms with Gasteiger partial charge in [0.2, 0.25) is 0 Å². The summed E-state index contributed by atoms with van der Waals surface area (Å²) in [6.45, 7) is 0. The van der Waals surface area contributed by atoms with Crippen LogP contribution in [0.3, 0.4) is 0 Å². The average molecular weight is 592 g/mol. The minimum absolute atomic E-state index is 0.0363. The van der Waals surface area contributed by atoms with Crippen LogP contribution in [0.2, 0.25) is 0 Å². The van der Waals surface area contributed by atoms with E-state index in [4.69, 9.17) is 9.84 Å². The molecule has 0 radical (unpaired) electrons. The van der Waals surface area contributed by atoms with Gasteiger partial charge in [-0.05, 0) is 55.0 Å². The first-order valence-corrected chi connectivity index (χ1v) is 15.6. The lowest BCUT2D eigenvalue weighted by Gasteiger charge is -2.22. The molecule has 218 valence electrons. The fourth-order valence-corrected chi connectivity index (χ4v) is 6.99. The molecular formula is C32H31F2N3O4S. The van der Waals surface area contributed by atoms with Crippen LogP contribution in [0.1, 0.15) is 65.7 Å². The number of hydrogen-bond acceptors (Lipinski definition) is 4. The van der Waals surface area contributed by atoms with Gasteiger partial charge in [-0.3, -0.25) is 9.00 Å². The molecular weight excluding hydrogens is 560 g/mol. The highest BCUT2D eigenvalue weighted by Gasteiger charge is 2.29. The summed E-state index contributed by atoms with van der Waals surface area (Å²) >= 11 is 0. The van der Waals surface area contributed by atoms with Crippen LogP contribution < -0.4 is 4.74 Å². The van der Waals surface area contributed by atoms with Crippen molar-refractivity contribution in [2.75, 3.05) is 11.5 Å². The quantitative estimate of drug-likeness (QED) is 0.249. The van der Waals surface area contributed by atoms with Gasteiger partial charge in [-0.1, -0.05) is 24.3 Å². The van der Waals surface area contributed by atoms with E-state index in [1.54, 1.807) is 12.4 Å². The number of imidazole rings is 1. The summed E-state index contributed by atoms with van der Waals surface area (Å²) in [5.74, 6) is -0.864. The molecule has 3 N–H and O–H groups in total. The number of aromatic nitrogens is 3. The molecule has 0 saturated heterocycles. The average Bonchev–Trinajstić information content (AvgIpc) is 3.65. The number of fused-ring (bicyclic) bond motifs is 8. The summed E-state index contributed by atoms with van der Waals surface area (Å²) in [6.07, 6.45) is 8.59. The van der Waals surface area contributed by atoms with Crippen molar-refractivity contribution in [3.63, 3.8) is 0 Å². The Morgan fingerprint density at radius 2 is 2.02 bits per heavy atom. The van der Waals surface area contributed by atoms with Crippen molar-refractivity contribution in [2.45, 2.75) is 50.4 Å². The third-order valence-electron chi connectivity index (χ3n) is 8.01. The van der Waals surface area contributed by atoms with Crippen molar-refractivity contribution in [1.29, 1.82) is 0 Å². The normalized spacial score (nSPS) is 21.2. The molecule has 0 amide bonds. The minimum atomic E-state index is -1.16. The number of nitrogens with zero attached hydrogens (tertiary/aromatic N) is 1. The second kappa shape index (κ2) is 12.1. The van der Waals surface area contributed by atoms with Gasteiger partial charge in [0.05, 0.1) is 5.92 Å². The Balaban J connectivity index is 1.36. The van der Waals surface area contributed by atoms with Crippen LogP contribution in [-0.4, -0.2) is 41.7 Å². The molecule has 0 fully saturated rings. The summed E-state index contributed by atoms with van der Waals surface area (Å²) in [5.41, 5.74) is 3.97. The van der Waals surface area contributed by atoms with Crippen molar-refractivity contribution >= 4 is 27.7 Å². The number of halogens is 2. The lowest BCUT2D eigenvalue weighted by atomic mass is 9.90. The van der Waals surface area contributed by atoms with Crippen LogP contribution in [0.5, 0.6) is 5.75 Å². The molecule has 6 rings (SSSR count). The molecule has 4 bridgehead atoms. The highest BCUT2D eigenvalue weighted by atomic mass is 32.2. The van der Waals surface area contributed by atoms with E-state index in [2.05, 4.69) is 15.0 Å². The summed E-state index contributed by atoms with van der Waals surface area (Å²) < 4.78 is 49.8. The Kier molecular flexibility index (Phi) is 8.06. The maximum absolute atomic E-state index is 15.3. The van der Waals surface area contributed by atoms with Crippen LogP contribution in [0, 0.1) is 5.82 Å². The Labute approximate surface area is 244 Å². The number of benzene rings is 2. The van der Waals surface area contributed by atoms with Gasteiger partial charge < -0.3 is 19.8 Å². The molecule has 2 aromatic heterocycles. The number of aromatic amines is 2. The van der Waals surface area contributed by atoms with E-state index in [9.17, 15) is 9.00 Å². The number of carboxylic acids is 1. The molecule has 1 aliphatic carbocycles. The third kappa shape index (κ3) is 5.94. The number of carbonyl (C=O) groups is 1. The standard InChI is InChI=1S/C32H31F2N3O4S/c33-26-8-7-21-16-25(26)32-36-18-29(37-32)22(20-4-1-3-19(15-20)6-9-30(38)39)5-2-13-42(40)14-11-24-23-10-12-35-28(23)17-27(34)31(24)41-21/h1,3-4,7-8,10,12,15,17-18,22,25,35H,2,5-6,9,11,13-14,16H2,(H,36,37)(H,38,39). The monoisotopic (exact) mass is 591 g/mol. The molecule has 3 heterocycles. The first kappa shape index (κ1) is 28.1. The number of H-pyrrole nitrogens is 2. The zero-order valence-electron chi connectivity index (χ0n) is 22.9. The maximum Gasteiger partial charge on any atom is 0.303 e. The number of ether oxygens (including phenoxy) is 1. The molecule has 0 spiro atoms. The van der Waals surface area contributed by atoms with E-state index in [0.717, 1.165) is 22.2 Å². The molecule has 10 heteroatoms. The van der Waals surface area contributed by atoms with Crippen LogP contribution in [0.4, 0.5) is 8.78 Å². The molecule has 42 heavy (non-hydrogen) atoms. The summed E-state index contributed by atoms with van der Waals surface area (Å²) in [5, 5.41) is 9.93. The molecule has 2 aliphatic rings.